The summed E-state index contributed by atoms with van der Waals surface area (Å²) in [6, 6.07) is 6.52. The van der Waals surface area contributed by atoms with Crippen molar-refractivity contribution in [2.24, 2.45) is 0 Å². The number of benzene rings is 1. The van der Waals surface area contributed by atoms with Crippen molar-refractivity contribution in [2.45, 2.75) is 78.0 Å². The van der Waals surface area contributed by atoms with Crippen LogP contribution in [-0.2, 0) is 0 Å². The SMILES string of the molecule is CCCCCCCC(C)(Bc1ccc(N)c(C)c1)CC. The maximum Gasteiger partial charge on any atom is 0.163 e. The summed E-state index contributed by atoms with van der Waals surface area (Å²) in [6.07, 6.45) is 9.48. The second-order valence-electron chi connectivity index (χ2n) is 6.70. The Morgan fingerprint density at radius 2 is 1.80 bits per heavy atom. The summed E-state index contributed by atoms with van der Waals surface area (Å²) in [4.78, 5) is 0. The first-order valence-corrected chi connectivity index (χ1v) is 8.36. The van der Waals surface area contributed by atoms with Crippen molar-refractivity contribution in [1.82, 2.24) is 0 Å². The molecule has 112 valence electrons. The van der Waals surface area contributed by atoms with Crippen molar-refractivity contribution < 1.29 is 0 Å². The molecule has 0 bridgehead atoms. The van der Waals surface area contributed by atoms with Crippen LogP contribution in [0, 0.1) is 6.92 Å². The molecular formula is C18H32BN. The predicted octanol–water partition coefficient (Wildman–Crippen LogP) is 4.59. The van der Waals surface area contributed by atoms with Crippen molar-refractivity contribution in [3.63, 3.8) is 0 Å². The third-order valence-electron chi connectivity index (χ3n) is 4.70. The van der Waals surface area contributed by atoms with Crippen LogP contribution in [0.1, 0.15) is 71.3 Å². The standard InChI is InChI=1S/C18H32BN/c1-5-7-8-9-10-13-18(4,6-2)19-16-11-12-17(20)15(3)14-16/h11-12,14,19H,5-10,13,20H2,1-4H3. The van der Waals surface area contributed by atoms with Crippen molar-refractivity contribution in [3.8, 4) is 0 Å². The summed E-state index contributed by atoms with van der Waals surface area (Å²) in [5, 5.41) is 0.439. The second-order valence-corrected chi connectivity index (χ2v) is 6.70. The highest BCUT2D eigenvalue weighted by Crippen LogP contribution is 2.35. The zero-order chi connectivity index (χ0) is 15.0. The first kappa shape index (κ1) is 17.1. The zero-order valence-corrected chi connectivity index (χ0v) is 14.0. The number of hydrogen-bond donors (Lipinski definition) is 1. The topological polar surface area (TPSA) is 26.0 Å². The van der Waals surface area contributed by atoms with Gasteiger partial charge in [-0.15, -0.1) is 0 Å². The van der Waals surface area contributed by atoms with E-state index in [1.165, 1.54) is 63.3 Å². The summed E-state index contributed by atoms with van der Waals surface area (Å²) >= 11 is 0. The molecule has 1 aromatic rings. The average molecular weight is 273 g/mol. The molecule has 1 atom stereocenters. The first-order valence-electron chi connectivity index (χ1n) is 8.36. The summed E-state index contributed by atoms with van der Waals surface area (Å²) in [6.45, 7) is 9.15. The van der Waals surface area contributed by atoms with Gasteiger partial charge in [-0.1, -0.05) is 88.6 Å². The maximum atomic E-state index is 5.91. The van der Waals surface area contributed by atoms with E-state index in [4.69, 9.17) is 5.73 Å². The molecule has 0 heterocycles. The Bertz CT molecular complexity index is 402. The van der Waals surface area contributed by atoms with Crippen LogP contribution in [0.2, 0.25) is 5.31 Å². The van der Waals surface area contributed by atoms with E-state index in [-0.39, 0.29) is 0 Å². The molecule has 20 heavy (non-hydrogen) atoms. The lowest BCUT2D eigenvalue weighted by atomic mass is 9.47. The van der Waals surface area contributed by atoms with E-state index in [0.717, 1.165) is 5.69 Å². The molecule has 0 aromatic heterocycles. The lowest BCUT2D eigenvalue weighted by molar-refractivity contribution is 0.490. The maximum absolute atomic E-state index is 5.91. The van der Waals surface area contributed by atoms with Crippen LogP contribution in [0.5, 0.6) is 0 Å². The van der Waals surface area contributed by atoms with Gasteiger partial charge in [0.15, 0.2) is 7.28 Å². The number of rotatable bonds is 9. The van der Waals surface area contributed by atoms with Crippen LogP contribution >= 0.6 is 0 Å². The molecule has 1 nitrogen and oxygen atoms in total. The quantitative estimate of drug-likeness (QED) is 0.397. The molecule has 1 rings (SSSR count). The minimum absolute atomic E-state index is 0.439. The fraction of sp³-hybridized carbons (Fsp3) is 0.667. The van der Waals surface area contributed by atoms with E-state index < -0.39 is 0 Å². The fourth-order valence-electron chi connectivity index (χ4n) is 2.89. The van der Waals surface area contributed by atoms with Crippen LogP contribution in [0.25, 0.3) is 0 Å². The molecule has 2 N–H and O–H groups in total. The zero-order valence-electron chi connectivity index (χ0n) is 14.0. The Morgan fingerprint density at radius 1 is 1.10 bits per heavy atom. The molecule has 0 spiro atoms. The molecule has 0 amide bonds. The molecule has 1 unspecified atom stereocenters. The van der Waals surface area contributed by atoms with E-state index in [2.05, 4.69) is 45.9 Å². The highest BCUT2D eigenvalue weighted by molar-refractivity contribution is 6.56. The third kappa shape index (κ3) is 5.60. The van der Waals surface area contributed by atoms with Crippen LogP contribution in [0.3, 0.4) is 0 Å². The van der Waals surface area contributed by atoms with Gasteiger partial charge in [0.25, 0.3) is 0 Å². The predicted molar refractivity (Wildman–Crippen MR) is 94.4 cm³/mol. The van der Waals surface area contributed by atoms with Gasteiger partial charge in [0, 0.05) is 5.69 Å². The smallest absolute Gasteiger partial charge is 0.163 e. The first-order chi connectivity index (χ1) is 9.50. The van der Waals surface area contributed by atoms with E-state index in [9.17, 15) is 0 Å². The Labute approximate surface area is 126 Å². The minimum Gasteiger partial charge on any atom is -0.399 e. The molecule has 0 aliphatic heterocycles. The molecule has 2 heteroatoms. The van der Waals surface area contributed by atoms with Gasteiger partial charge in [-0.25, -0.2) is 0 Å². The van der Waals surface area contributed by atoms with Gasteiger partial charge >= 0.3 is 0 Å². The highest BCUT2D eigenvalue weighted by Gasteiger charge is 2.23. The lowest BCUT2D eigenvalue weighted by Crippen LogP contribution is -2.27. The minimum atomic E-state index is 0.439. The molecule has 0 saturated carbocycles. The van der Waals surface area contributed by atoms with Gasteiger partial charge in [0.1, 0.15) is 0 Å². The summed E-state index contributed by atoms with van der Waals surface area (Å²) < 4.78 is 0. The number of unbranched alkanes of at least 4 members (excludes halogenated alkanes) is 4. The normalized spacial score (nSPS) is 14.0. The fourth-order valence-corrected chi connectivity index (χ4v) is 2.89. The molecule has 1 aromatic carbocycles. The van der Waals surface area contributed by atoms with Gasteiger partial charge < -0.3 is 5.73 Å². The Balaban J connectivity index is 2.52. The summed E-state index contributed by atoms with van der Waals surface area (Å²) in [5.41, 5.74) is 9.47. The Hall–Kier alpha value is -0.915. The number of anilines is 1. The number of nitrogens with two attached hydrogens (primary N) is 1. The van der Waals surface area contributed by atoms with Gasteiger partial charge in [-0.05, 0) is 18.6 Å². The Morgan fingerprint density at radius 3 is 2.40 bits per heavy atom. The van der Waals surface area contributed by atoms with Crippen LogP contribution in [0.15, 0.2) is 18.2 Å². The molecule has 0 radical (unpaired) electrons. The molecule has 0 fully saturated rings. The number of hydrogen-bond acceptors (Lipinski definition) is 1. The number of aryl methyl sites for hydroxylation is 1. The summed E-state index contributed by atoms with van der Waals surface area (Å²) in [5.74, 6) is 0. The third-order valence-corrected chi connectivity index (χ3v) is 4.70. The van der Waals surface area contributed by atoms with Crippen molar-refractivity contribution in [3.05, 3.63) is 23.8 Å². The van der Waals surface area contributed by atoms with Crippen LogP contribution in [-0.4, -0.2) is 7.28 Å². The van der Waals surface area contributed by atoms with E-state index in [1.807, 2.05) is 0 Å². The highest BCUT2D eigenvalue weighted by atomic mass is 14.5. The molecule has 0 aliphatic rings. The van der Waals surface area contributed by atoms with Gasteiger partial charge in [0.05, 0.1) is 0 Å². The van der Waals surface area contributed by atoms with E-state index in [1.54, 1.807) is 0 Å². The largest absolute Gasteiger partial charge is 0.399 e. The monoisotopic (exact) mass is 273 g/mol. The van der Waals surface area contributed by atoms with Crippen molar-refractivity contribution in [2.75, 3.05) is 5.73 Å². The number of nitrogen functional groups attached to an aromatic ring is 1. The second kappa shape index (κ2) is 8.39. The van der Waals surface area contributed by atoms with Gasteiger partial charge in [0.2, 0.25) is 0 Å². The van der Waals surface area contributed by atoms with Crippen molar-refractivity contribution >= 4 is 18.4 Å². The molecule has 0 aliphatic carbocycles. The van der Waals surface area contributed by atoms with Crippen LogP contribution < -0.4 is 11.2 Å². The van der Waals surface area contributed by atoms with Gasteiger partial charge in [-0.3, -0.25) is 0 Å². The van der Waals surface area contributed by atoms with Crippen molar-refractivity contribution in [1.29, 1.82) is 0 Å². The van der Waals surface area contributed by atoms with E-state index >= 15 is 0 Å². The molecular weight excluding hydrogens is 241 g/mol. The van der Waals surface area contributed by atoms with E-state index in [0.29, 0.717) is 5.31 Å². The molecule has 0 saturated heterocycles. The van der Waals surface area contributed by atoms with Gasteiger partial charge in [-0.2, -0.15) is 0 Å². The average Bonchev–Trinajstić information content (AvgIpc) is 2.43. The summed E-state index contributed by atoms with van der Waals surface area (Å²) in [7, 11) is 1.18. The lowest BCUT2D eigenvalue weighted by Gasteiger charge is -2.28. The van der Waals surface area contributed by atoms with Crippen LogP contribution in [0.4, 0.5) is 5.69 Å². The Kier molecular flexibility index (Phi) is 7.19.